The highest BCUT2D eigenvalue weighted by atomic mass is 16.5. The molecule has 1 amide bonds. The van der Waals surface area contributed by atoms with Crippen LogP contribution in [0.4, 0.5) is 5.69 Å². The number of aryl methyl sites for hydroxylation is 2. The van der Waals surface area contributed by atoms with E-state index in [-0.39, 0.29) is 12.5 Å². The van der Waals surface area contributed by atoms with E-state index in [1.807, 2.05) is 26.1 Å². The van der Waals surface area contributed by atoms with E-state index in [1.54, 1.807) is 29.1 Å². The number of fused-ring (bicyclic) bond motifs is 1. The van der Waals surface area contributed by atoms with Gasteiger partial charge in [0.1, 0.15) is 0 Å². The molecule has 8 nitrogen and oxygen atoms in total. The van der Waals surface area contributed by atoms with Gasteiger partial charge in [0.05, 0.1) is 36.3 Å². The SMILES string of the molecule is COc1cc(C#N)ccc1OCC(=O)Nc1cnc2c(c1)c(C)nn2C. The first kappa shape index (κ1) is 17.2. The van der Waals surface area contributed by atoms with Crippen LogP contribution in [0.15, 0.2) is 30.5 Å². The summed E-state index contributed by atoms with van der Waals surface area (Å²) >= 11 is 0. The summed E-state index contributed by atoms with van der Waals surface area (Å²) in [7, 11) is 3.29. The number of hydrogen-bond donors (Lipinski definition) is 1. The Balaban J connectivity index is 1.68. The number of methoxy groups -OCH3 is 1. The summed E-state index contributed by atoms with van der Waals surface area (Å²) in [6.45, 7) is 1.68. The molecule has 0 aliphatic rings. The lowest BCUT2D eigenvalue weighted by atomic mass is 10.2. The van der Waals surface area contributed by atoms with Gasteiger partial charge in [-0.1, -0.05) is 0 Å². The first-order valence-corrected chi connectivity index (χ1v) is 7.82. The lowest BCUT2D eigenvalue weighted by molar-refractivity contribution is -0.118. The number of aromatic nitrogens is 3. The Hall–Kier alpha value is -3.60. The van der Waals surface area contributed by atoms with Crippen LogP contribution in [0, 0.1) is 18.3 Å². The quantitative estimate of drug-likeness (QED) is 0.756. The van der Waals surface area contributed by atoms with E-state index >= 15 is 0 Å². The smallest absolute Gasteiger partial charge is 0.262 e. The van der Waals surface area contributed by atoms with Crippen molar-refractivity contribution in [2.24, 2.45) is 7.05 Å². The molecular weight excluding hydrogens is 334 g/mol. The lowest BCUT2D eigenvalue weighted by Crippen LogP contribution is -2.20. The van der Waals surface area contributed by atoms with Crippen LogP contribution in [0.3, 0.4) is 0 Å². The number of ether oxygens (including phenoxy) is 2. The monoisotopic (exact) mass is 351 g/mol. The van der Waals surface area contributed by atoms with Crippen LogP contribution in [0.1, 0.15) is 11.3 Å². The van der Waals surface area contributed by atoms with Crippen molar-refractivity contribution < 1.29 is 14.3 Å². The molecule has 1 aromatic carbocycles. The molecule has 0 saturated heterocycles. The fourth-order valence-electron chi connectivity index (χ4n) is 2.57. The maximum atomic E-state index is 12.2. The van der Waals surface area contributed by atoms with Gasteiger partial charge in [0.2, 0.25) is 0 Å². The van der Waals surface area contributed by atoms with Crippen LogP contribution in [0.25, 0.3) is 11.0 Å². The summed E-state index contributed by atoms with van der Waals surface area (Å²) in [5.41, 5.74) is 2.60. The predicted molar refractivity (Wildman–Crippen MR) is 95.1 cm³/mol. The third-order valence-electron chi connectivity index (χ3n) is 3.80. The van der Waals surface area contributed by atoms with E-state index in [2.05, 4.69) is 15.4 Å². The van der Waals surface area contributed by atoms with Gasteiger partial charge in [-0.05, 0) is 25.1 Å². The minimum Gasteiger partial charge on any atom is -0.493 e. The van der Waals surface area contributed by atoms with Crippen molar-refractivity contribution in [2.45, 2.75) is 6.92 Å². The highest BCUT2D eigenvalue weighted by Gasteiger charge is 2.11. The van der Waals surface area contributed by atoms with Crippen LogP contribution in [-0.4, -0.2) is 34.4 Å². The molecule has 3 rings (SSSR count). The normalized spacial score (nSPS) is 10.4. The molecule has 8 heteroatoms. The molecule has 3 aromatic rings. The number of hydrogen-bond acceptors (Lipinski definition) is 6. The van der Waals surface area contributed by atoms with Crippen molar-refractivity contribution in [1.29, 1.82) is 5.26 Å². The number of nitrogens with zero attached hydrogens (tertiary/aromatic N) is 4. The van der Waals surface area contributed by atoms with E-state index in [0.29, 0.717) is 22.7 Å². The molecule has 0 atom stereocenters. The van der Waals surface area contributed by atoms with Gasteiger partial charge in [-0.3, -0.25) is 9.48 Å². The van der Waals surface area contributed by atoms with E-state index in [1.165, 1.54) is 7.11 Å². The number of amides is 1. The van der Waals surface area contributed by atoms with Crippen LogP contribution in [-0.2, 0) is 11.8 Å². The van der Waals surface area contributed by atoms with Gasteiger partial charge < -0.3 is 14.8 Å². The minimum atomic E-state index is -0.334. The number of nitriles is 1. The molecule has 0 unspecified atom stereocenters. The van der Waals surface area contributed by atoms with Gasteiger partial charge >= 0.3 is 0 Å². The van der Waals surface area contributed by atoms with E-state index in [9.17, 15) is 4.79 Å². The maximum absolute atomic E-state index is 12.2. The third-order valence-corrected chi connectivity index (χ3v) is 3.80. The van der Waals surface area contributed by atoms with Crippen molar-refractivity contribution in [1.82, 2.24) is 14.8 Å². The largest absolute Gasteiger partial charge is 0.493 e. The van der Waals surface area contributed by atoms with Gasteiger partial charge in [-0.2, -0.15) is 10.4 Å². The Bertz CT molecular complexity index is 1020. The van der Waals surface area contributed by atoms with E-state index in [4.69, 9.17) is 14.7 Å². The number of rotatable bonds is 5. The molecule has 0 fully saturated rings. The molecule has 0 saturated carbocycles. The Labute approximate surface area is 150 Å². The average molecular weight is 351 g/mol. The fourth-order valence-corrected chi connectivity index (χ4v) is 2.57. The molecule has 2 aromatic heterocycles. The van der Waals surface area contributed by atoms with E-state index < -0.39 is 0 Å². The first-order valence-electron chi connectivity index (χ1n) is 7.82. The minimum absolute atomic E-state index is 0.202. The Morgan fingerprint density at radius 3 is 2.88 bits per heavy atom. The summed E-state index contributed by atoms with van der Waals surface area (Å²) in [4.78, 5) is 16.5. The molecule has 0 aliphatic carbocycles. The second kappa shape index (κ2) is 7.11. The second-order valence-electron chi connectivity index (χ2n) is 5.62. The Kier molecular flexibility index (Phi) is 4.71. The summed E-state index contributed by atoms with van der Waals surface area (Å²) in [5, 5.41) is 16.8. The van der Waals surface area contributed by atoms with Gasteiger partial charge in [0.25, 0.3) is 5.91 Å². The number of nitrogens with one attached hydrogen (secondary N) is 1. The van der Waals surface area contributed by atoms with E-state index in [0.717, 1.165) is 16.7 Å². The van der Waals surface area contributed by atoms with Gasteiger partial charge in [0, 0.05) is 18.5 Å². The summed E-state index contributed by atoms with van der Waals surface area (Å²) in [6.07, 6.45) is 1.57. The first-order chi connectivity index (χ1) is 12.5. The van der Waals surface area contributed by atoms with Crippen molar-refractivity contribution in [3.8, 4) is 17.6 Å². The highest BCUT2D eigenvalue weighted by molar-refractivity contribution is 5.94. The van der Waals surface area contributed by atoms with Crippen LogP contribution in [0.5, 0.6) is 11.5 Å². The number of carbonyl (C=O) groups excluding carboxylic acids is 1. The molecule has 0 radical (unpaired) electrons. The standard InChI is InChI=1S/C18H17N5O3/c1-11-14-7-13(9-20-18(14)23(2)22-11)21-17(24)10-26-15-5-4-12(8-19)6-16(15)25-3/h4-7,9H,10H2,1-3H3,(H,21,24). The van der Waals surface area contributed by atoms with Crippen LogP contribution < -0.4 is 14.8 Å². The molecule has 2 heterocycles. The number of anilines is 1. The maximum Gasteiger partial charge on any atom is 0.262 e. The van der Waals surface area contributed by atoms with Crippen LogP contribution >= 0.6 is 0 Å². The van der Waals surface area contributed by atoms with Crippen molar-refractivity contribution >= 4 is 22.6 Å². The predicted octanol–water partition coefficient (Wildman–Crippen LogP) is 2.17. The van der Waals surface area contributed by atoms with Crippen LogP contribution in [0.2, 0.25) is 0 Å². The zero-order valence-electron chi connectivity index (χ0n) is 14.6. The molecule has 1 N–H and O–H groups in total. The zero-order chi connectivity index (χ0) is 18.7. The van der Waals surface area contributed by atoms with Gasteiger partial charge in [0.15, 0.2) is 23.8 Å². The third kappa shape index (κ3) is 3.42. The summed E-state index contributed by atoms with van der Waals surface area (Å²) in [5.74, 6) is 0.448. The average Bonchev–Trinajstić information content (AvgIpc) is 2.93. The van der Waals surface area contributed by atoms with Gasteiger partial charge in [-0.15, -0.1) is 0 Å². The summed E-state index contributed by atoms with van der Waals surface area (Å²) in [6, 6.07) is 8.59. The molecule has 26 heavy (non-hydrogen) atoms. The fraction of sp³-hybridized carbons (Fsp3) is 0.222. The van der Waals surface area contributed by atoms with Gasteiger partial charge in [-0.25, -0.2) is 4.98 Å². The van der Waals surface area contributed by atoms with Crippen molar-refractivity contribution in [3.63, 3.8) is 0 Å². The Morgan fingerprint density at radius 2 is 2.15 bits per heavy atom. The zero-order valence-corrected chi connectivity index (χ0v) is 14.6. The lowest BCUT2D eigenvalue weighted by Gasteiger charge is -2.11. The molecule has 0 aliphatic heterocycles. The second-order valence-corrected chi connectivity index (χ2v) is 5.62. The molecule has 132 valence electrons. The number of benzene rings is 1. The summed E-state index contributed by atoms with van der Waals surface area (Å²) < 4.78 is 12.4. The molecule has 0 bridgehead atoms. The van der Waals surface area contributed by atoms with Crippen molar-refractivity contribution in [3.05, 3.63) is 41.7 Å². The molecular formula is C18H17N5O3. The highest BCUT2D eigenvalue weighted by Crippen LogP contribution is 2.27. The topological polar surface area (TPSA) is 102 Å². The molecule has 0 spiro atoms. The van der Waals surface area contributed by atoms with Crippen molar-refractivity contribution in [2.75, 3.05) is 19.0 Å². The number of pyridine rings is 1. The number of carbonyl (C=O) groups is 1. The Morgan fingerprint density at radius 1 is 1.35 bits per heavy atom.